The first kappa shape index (κ1) is 16.5. The highest BCUT2D eigenvalue weighted by Crippen LogP contribution is 2.15. The molecule has 1 N–H and O–H groups in total. The first-order chi connectivity index (χ1) is 11.4. The van der Waals surface area contributed by atoms with Crippen LogP contribution in [0.4, 0.5) is 0 Å². The topological polar surface area (TPSA) is 63.0 Å². The highest BCUT2D eigenvalue weighted by Gasteiger charge is 2.15. The van der Waals surface area contributed by atoms with Crippen LogP contribution in [-0.4, -0.2) is 39.9 Å². The number of hydrogen-bond donors (Lipinski definition) is 1. The van der Waals surface area contributed by atoms with Crippen LogP contribution in [0.3, 0.4) is 0 Å². The van der Waals surface area contributed by atoms with E-state index in [0.29, 0.717) is 33.9 Å². The van der Waals surface area contributed by atoms with Crippen LogP contribution in [0.1, 0.15) is 5.69 Å². The Balaban J connectivity index is 2.18. The van der Waals surface area contributed by atoms with Gasteiger partial charge in [-0.3, -0.25) is 14.7 Å². The molecule has 7 heteroatoms. The number of halogens is 1. The van der Waals surface area contributed by atoms with E-state index in [0.717, 1.165) is 6.54 Å². The van der Waals surface area contributed by atoms with Gasteiger partial charge in [0.1, 0.15) is 0 Å². The summed E-state index contributed by atoms with van der Waals surface area (Å²) >= 11 is 5.90. The Morgan fingerprint density at radius 3 is 2.46 bits per heavy atom. The summed E-state index contributed by atoms with van der Waals surface area (Å²) in [4.78, 5) is 27.2. The van der Waals surface area contributed by atoms with Gasteiger partial charge in [0.2, 0.25) is 0 Å². The minimum atomic E-state index is -0.177. The number of nitrogens with zero attached hydrogens (tertiary/aromatic N) is 3. The summed E-state index contributed by atoms with van der Waals surface area (Å²) in [5, 5.41) is 4.14. The SMILES string of the molecule is Cc1c2c(=O)n(-c3ccc(Cl)cc3)[nH]c2cc(=O)n1CCN(C)C. The summed E-state index contributed by atoms with van der Waals surface area (Å²) in [6.07, 6.45) is 0. The number of H-pyrrole nitrogens is 1. The molecule has 0 aliphatic rings. The average molecular weight is 347 g/mol. The maximum Gasteiger partial charge on any atom is 0.280 e. The zero-order chi connectivity index (χ0) is 17.4. The highest BCUT2D eigenvalue weighted by atomic mass is 35.5. The maximum atomic E-state index is 12.8. The van der Waals surface area contributed by atoms with Crippen LogP contribution in [0.15, 0.2) is 39.9 Å². The molecule has 6 nitrogen and oxygen atoms in total. The van der Waals surface area contributed by atoms with Crippen molar-refractivity contribution in [1.29, 1.82) is 0 Å². The smallest absolute Gasteiger partial charge is 0.280 e. The van der Waals surface area contributed by atoms with Crippen molar-refractivity contribution in [3.8, 4) is 5.69 Å². The second kappa shape index (κ2) is 6.30. The van der Waals surface area contributed by atoms with Gasteiger partial charge >= 0.3 is 0 Å². The van der Waals surface area contributed by atoms with Crippen LogP contribution in [0.2, 0.25) is 5.02 Å². The second-order valence-electron chi connectivity index (χ2n) is 6.04. The standard InChI is InChI=1S/C17H19ClN4O2/c1-11-16-14(10-15(23)21(11)9-8-20(2)3)19-22(17(16)24)13-6-4-12(18)5-7-13/h4-7,10,19H,8-9H2,1-3H3. The second-order valence-corrected chi connectivity index (χ2v) is 6.48. The van der Waals surface area contributed by atoms with E-state index in [1.165, 1.54) is 10.7 Å². The van der Waals surface area contributed by atoms with Gasteiger partial charge in [-0.15, -0.1) is 0 Å². The zero-order valence-electron chi connectivity index (χ0n) is 13.8. The van der Waals surface area contributed by atoms with Crippen LogP contribution < -0.4 is 11.1 Å². The van der Waals surface area contributed by atoms with Gasteiger partial charge in [0, 0.05) is 29.9 Å². The fraction of sp³-hybridized carbons (Fsp3) is 0.294. The number of hydrogen-bond acceptors (Lipinski definition) is 3. The van der Waals surface area contributed by atoms with Crippen LogP contribution in [0.5, 0.6) is 0 Å². The maximum absolute atomic E-state index is 12.8. The summed E-state index contributed by atoms with van der Waals surface area (Å²) in [5.74, 6) is 0. The number of aromatic amines is 1. The third-order valence-electron chi connectivity index (χ3n) is 4.07. The lowest BCUT2D eigenvalue weighted by atomic mass is 10.2. The van der Waals surface area contributed by atoms with E-state index in [2.05, 4.69) is 5.10 Å². The summed E-state index contributed by atoms with van der Waals surface area (Å²) < 4.78 is 3.08. The van der Waals surface area contributed by atoms with Crippen molar-refractivity contribution in [1.82, 2.24) is 19.2 Å². The molecule has 0 spiro atoms. The summed E-state index contributed by atoms with van der Waals surface area (Å²) in [7, 11) is 3.89. The molecule has 3 aromatic rings. The normalized spacial score (nSPS) is 11.5. The molecule has 0 fully saturated rings. The number of nitrogens with one attached hydrogen (secondary N) is 1. The first-order valence-electron chi connectivity index (χ1n) is 7.64. The van der Waals surface area contributed by atoms with Crippen molar-refractivity contribution in [2.45, 2.75) is 13.5 Å². The number of fused-ring (bicyclic) bond motifs is 1. The van der Waals surface area contributed by atoms with Crippen molar-refractivity contribution in [2.24, 2.45) is 0 Å². The summed E-state index contributed by atoms with van der Waals surface area (Å²) in [6.45, 7) is 3.07. The number of aryl methyl sites for hydroxylation is 1. The van der Waals surface area contributed by atoms with E-state index in [9.17, 15) is 9.59 Å². The Kier molecular flexibility index (Phi) is 4.34. The van der Waals surface area contributed by atoms with Crippen molar-refractivity contribution < 1.29 is 0 Å². The predicted molar refractivity (Wildman–Crippen MR) is 96.5 cm³/mol. The number of benzene rings is 1. The van der Waals surface area contributed by atoms with Crippen molar-refractivity contribution in [3.63, 3.8) is 0 Å². The van der Waals surface area contributed by atoms with Gasteiger partial charge in [-0.2, -0.15) is 0 Å². The Morgan fingerprint density at radius 1 is 1.17 bits per heavy atom. The quantitative estimate of drug-likeness (QED) is 0.786. The van der Waals surface area contributed by atoms with Crippen molar-refractivity contribution in [2.75, 3.05) is 20.6 Å². The Labute approximate surface area is 143 Å². The number of aromatic nitrogens is 3. The molecule has 2 aromatic heterocycles. The first-order valence-corrected chi connectivity index (χ1v) is 8.02. The summed E-state index contributed by atoms with van der Waals surface area (Å²) in [6, 6.07) is 8.43. The van der Waals surface area contributed by atoms with Gasteiger partial charge in [-0.25, -0.2) is 4.68 Å². The molecule has 0 aliphatic heterocycles. The molecule has 0 saturated heterocycles. The van der Waals surface area contributed by atoms with Gasteiger partial charge in [0.25, 0.3) is 11.1 Å². The minimum Gasteiger partial charge on any atom is -0.311 e. The average Bonchev–Trinajstić information content (AvgIpc) is 2.84. The highest BCUT2D eigenvalue weighted by molar-refractivity contribution is 6.30. The number of pyridine rings is 1. The largest absolute Gasteiger partial charge is 0.311 e. The van der Waals surface area contributed by atoms with E-state index in [4.69, 9.17) is 11.6 Å². The summed E-state index contributed by atoms with van der Waals surface area (Å²) in [5.41, 5.74) is 1.59. The molecular weight excluding hydrogens is 328 g/mol. The van der Waals surface area contributed by atoms with Crippen LogP contribution in [0, 0.1) is 6.92 Å². The molecule has 0 saturated carbocycles. The van der Waals surface area contributed by atoms with E-state index in [-0.39, 0.29) is 11.1 Å². The lowest BCUT2D eigenvalue weighted by Crippen LogP contribution is -2.28. The zero-order valence-corrected chi connectivity index (χ0v) is 14.6. The van der Waals surface area contributed by atoms with Crippen LogP contribution in [0.25, 0.3) is 16.6 Å². The van der Waals surface area contributed by atoms with Gasteiger partial charge in [0.05, 0.1) is 16.6 Å². The number of rotatable bonds is 4. The van der Waals surface area contributed by atoms with E-state index < -0.39 is 0 Å². The molecule has 2 heterocycles. The lowest BCUT2D eigenvalue weighted by Gasteiger charge is -2.13. The van der Waals surface area contributed by atoms with Gasteiger partial charge in [0.15, 0.2) is 0 Å². The third kappa shape index (κ3) is 2.90. The molecule has 126 valence electrons. The van der Waals surface area contributed by atoms with Crippen molar-refractivity contribution in [3.05, 3.63) is 61.8 Å². The lowest BCUT2D eigenvalue weighted by molar-refractivity contribution is 0.379. The molecule has 0 atom stereocenters. The Bertz CT molecular complexity index is 996. The minimum absolute atomic E-state index is 0.119. The molecule has 24 heavy (non-hydrogen) atoms. The predicted octanol–water partition coefficient (Wildman–Crippen LogP) is 2.00. The van der Waals surface area contributed by atoms with Crippen LogP contribution in [-0.2, 0) is 6.54 Å². The number of likely N-dealkylation sites (N-methyl/N-ethyl adjacent to an activating group) is 1. The third-order valence-corrected chi connectivity index (χ3v) is 4.33. The molecule has 0 unspecified atom stereocenters. The van der Waals surface area contributed by atoms with E-state index in [1.54, 1.807) is 35.8 Å². The molecular formula is C17H19ClN4O2. The van der Waals surface area contributed by atoms with Crippen molar-refractivity contribution >= 4 is 22.5 Å². The Morgan fingerprint density at radius 2 is 1.83 bits per heavy atom. The Hall–Kier alpha value is -2.31. The van der Waals surface area contributed by atoms with Gasteiger partial charge in [-0.05, 0) is 45.3 Å². The fourth-order valence-electron chi connectivity index (χ4n) is 2.76. The molecule has 0 amide bonds. The monoisotopic (exact) mass is 346 g/mol. The van der Waals surface area contributed by atoms with Gasteiger partial charge in [-0.1, -0.05) is 11.6 Å². The fourth-order valence-corrected chi connectivity index (χ4v) is 2.89. The van der Waals surface area contributed by atoms with E-state index >= 15 is 0 Å². The molecule has 0 aliphatic carbocycles. The van der Waals surface area contributed by atoms with E-state index in [1.807, 2.05) is 19.0 Å². The molecule has 1 aromatic carbocycles. The van der Waals surface area contributed by atoms with Gasteiger partial charge < -0.3 is 9.47 Å². The molecule has 3 rings (SSSR count). The molecule has 0 bridgehead atoms. The molecule has 0 radical (unpaired) electrons. The van der Waals surface area contributed by atoms with Crippen LogP contribution >= 0.6 is 11.6 Å².